The van der Waals surface area contributed by atoms with Crippen molar-refractivity contribution in [3.05, 3.63) is 23.8 Å². The number of carboxylic acid groups (broad SMARTS) is 1. The zero-order valence-electron chi connectivity index (χ0n) is 14.3. The number of carboxylic acids is 1. The Morgan fingerprint density at radius 3 is 2.85 bits per heavy atom. The molecule has 2 aliphatic heterocycles. The molecule has 2 heterocycles. The summed E-state index contributed by atoms with van der Waals surface area (Å²) in [5.41, 5.74) is 0.412. The molecule has 0 saturated carbocycles. The van der Waals surface area contributed by atoms with Crippen molar-refractivity contribution in [2.75, 3.05) is 39.6 Å². The van der Waals surface area contributed by atoms with E-state index in [2.05, 4.69) is 0 Å². The van der Waals surface area contributed by atoms with E-state index >= 15 is 0 Å². The number of rotatable bonds is 5. The highest BCUT2D eigenvalue weighted by atomic mass is 16.7. The van der Waals surface area contributed by atoms with Crippen LogP contribution < -0.4 is 9.47 Å². The number of para-hydroxylation sites is 1. The molecule has 3 rings (SSSR count). The molecule has 1 aromatic carbocycles. The van der Waals surface area contributed by atoms with Crippen molar-refractivity contribution in [2.45, 2.75) is 13.0 Å². The molecule has 1 N–H and O–H groups in total. The Labute approximate surface area is 150 Å². The summed E-state index contributed by atoms with van der Waals surface area (Å²) in [4.78, 5) is 38.2. The summed E-state index contributed by atoms with van der Waals surface area (Å²) in [5, 5.41) is 8.92. The molecule has 1 atom stereocenters. The normalized spacial score (nSPS) is 18.5. The smallest absolute Gasteiger partial charge is 0.323 e. The number of ether oxygens (including phenoxy) is 3. The lowest BCUT2D eigenvalue weighted by Gasteiger charge is -2.35. The predicted octanol–water partition coefficient (Wildman–Crippen LogP) is 0.189. The predicted molar refractivity (Wildman–Crippen MR) is 88.1 cm³/mol. The fourth-order valence-electron chi connectivity index (χ4n) is 3.00. The number of nitrogens with zero attached hydrogens (tertiary/aromatic N) is 2. The van der Waals surface area contributed by atoms with Crippen molar-refractivity contribution < 1.29 is 33.7 Å². The fraction of sp³-hybridized carbons (Fsp3) is 0.471. The summed E-state index contributed by atoms with van der Waals surface area (Å²) in [6, 6.07) is 5.13. The van der Waals surface area contributed by atoms with Crippen LogP contribution in [-0.4, -0.2) is 78.4 Å². The topological polar surface area (TPSA) is 106 Å². The van der Waals surface area contributed by atoms with Crippen LogP contribution in [0.25, 0.3) is 0 Å². The van der Waals surface area contributed by atoms with E-state index in [9.17, 15) is 14.4 Å². The fourth-order valence-corrected chi connectivity index (χ4v) is 3.00. The number of aliphatic carboxylic acids is 1. The standard InChI is InChI=1S/C17H20N2O7/c1-11(20)19(9-15(21)22)8-12-7-18(5-6-24-12)17(23)13-3-2-4-14-16(13)26-10-25-14/h2-4,12H,5-10H2,1H3,(H,21,22). The highest BCUT2D eigenvalue weighted by Crippen LogP contribution is 2.36. The van der Waals surface area contributed by atoms with E-state index in [-0.39, 0.29) is 31.7 Å². The van der Waals surface area contributed by atoms with E-state index in [1.807, 2.05) is 0 Å². The number of carbonyl (C=O) groups is 3. The van der Waals surface area contributed by atoms with Crippen LogP contribution in [0.3, 0.4) is 0 Å². The Balaban J connectivity index is 1.68. The Bertz CT molecular complexity index is 721. The number of fused-ring (bicyclic) bond motifs is 1. The average Bonchev–Trinajstić information content (AvgIpc) is 3.09. The second-order valence-corrected chi connectivity index (χ2v) is 6.08. The van der Waals surface area contributed by atoms with Crippen LogP contribution in [0.4, 0.5) is 0 Å². The largest absolute Gasteiger partial charge is 0.480 e. The first-order valence-electron chi connectivity index (χ1n) is 8.22. The Hall–Kier alpha value is -2.81. The summed E-state index contributed by atoms with van der Waals surface area (Å²) in [6.07, 6.45) is -0.454. The van der Waals surface area contributed by atoms with Gasteiger partial charge in [-0.15, -0.1) is 0 Å². The van der Waals surface area contributed by atoms with E-state index in [4.69, 9.17) is 19.3 Å². The molecule has 0 spiro atoms. The molecular weight excluding hydrogens is 344 g/mol. The van der Waals surface area contributed by atoms with Gasteiger partial charge in [0.2, 0.25) is 12.7 Å². The maximum absolute atomic E-state index is 12.9. The van der Waals surface area contributed by atoms with Gasteiger partial charge in [-0.2, -0.15) is 0 Å². The first kappa shape index (κ1) is 18.0. The van der Waals surface area contributed by atoms with Crippen LogP contribution in [-0.2, 0) is 14.3 Å². The molecule has 26 heavy (non-hydrogen) atoms. The lowest BCUT2D eigenvalue weighted by atomic mass is 10.1. The lowest BCUT2D eigenvalue weighted by Crippen LogP contribution is -2.51. The van der Waals surface area contributed by atoms with Gasteiger partial charge in [-0.1, -0.05) is 6.07 Å². The Morgan fingerprint density at radius 2 is 2.12 bits per heavy atom. The molecule has 1 unspecified atom stereocenters. The summed E-state index contributed by atoms with van der Waals surface area (Å²) in [5.74, 6) is -0.707. The molecule has 2 amide bonds. The minimum absolute atomic E-state index is 0.0775. The number of carbonyl (C=O) groups excluding carboxylic acids is 2. The van der Waals surface area contributed by atoms with Gasteiger partial charge >= 0.3 is 5.97 Å². The highest BCUT2D eigenvalue weighted by molar-refractivity contribution is 5.98. The van der Waals surface area contributed by atoms with Crippen molar-refractivity contribution in [1.82, 2.24) is 9.80 Å². The first-order valence-corrected chi connectivity index (χ1v) is 8.22. The van der Waals surface area contributed by atoms with Crippen LogP contribution in [0, 0.1) is 0 Å². The summed E-state index contributed by atoms with van der Waals surface area (Å²) in [7, 11) is 0. The third-order valence-electron chi connectivity index (χ3n) is 4.25. The monoisotopic (exact) mass is 364 g/mol. The van der Waals surface area contributed by atoms with E-state index in [0.29, 0.717) is 30.2 Å². The molecule has 9 heteroatoms. The molecular formula is C17H20N2O7. The number of hydrogen-bond donors (Lipinski definition) is 1. The lowest BCUT2D eigenvalue weighted by molar-refractivity contribution is -0.145. The molecule has 140 valence electrons. The zero-order valence-corrected chi connectivity index (χ0v) is 14.3. The number of hydrogen-bond acceptors (Lipinski definition) is 6. The molecule has 0 bridgehead atoms. The molecule has 1 saturated heterocycles. The third-order valence-corrected chi connectivity index (χ3v) is 4.25. The second kappa shape index (κ2) is 7.61. The molecule has 9 nitrogen and oxygen atoms in total. The second-order valence-electron chi connectivity index (χ2n) is 6.08. The van der Waals surface area contributed by atoms with Crippen LogP contribution in [0.5, 0.6) is 11.5 Å². The maximum Gasteiger partial charge on any atom is 0.323 e. The van der Waals surface area contributed by atoms with Gasteiger partial charge in [0.25, 0.3) is 5.91 Å². The maximum atomic E-state index is 12.9. The van der Waals surface area contributed by atoms with Crippen molar-refractivity contribution >= 4 is 17.8 Å². The summed E-state index contributed by atoms with van der Waals surface area (Å²) >= 11 is 0. The van der Waals surface area contributed by atoms with Gasteiger partial charge < -0.3 is 29.1 Å². The SMILES string of the molecule is CC(=O)N(CC(=O)O)CC1CN(C(=O)c2cccc3c2OCO3)CCO1. The van der Waals surface area contributed by atoms with Gasteiger partial charge in [-0.3, -0.25) is 14.4 Å². The minimum atomic E-state index is -1.10. The van der Waals surface area contributed by atoms with Gasteiger partial charge in [-0.25, -0.2) is 0 Å². The van der Waals surface area contributed by atoms with Gasteiger partial charge in [0.15, 0.2) is 11.5 Å². The summed E-state index contributed by atoms with van der Waals surface area (Å²) < 4.78 is 16.3. The first-order chi connectivity index (χ1) is 12.5. The van der Waals surface area contributed by atoms with Crippen molar-refractivity contribution in [1.29, 1.82) is 0 Å². The van der Waals surface area contributed by atoms with Gasteiger partial charge in [0.05, 0.1) is 18.3 Å². The van der Waals surface area contributed by atoms with E-state index in [0.717, 1.165) is 0 Å². The van der Waals surface area contributed by atoms with Crippen LogP contribution >= 0.6 is 0 Å². The van der Waals surface area contributed by atoms with Crippen LogP contribution in [0.2, 0.25) is 0 Å². The van der Waals surface area contributed by atoms with E-state index < -0.39 is 18.6 Å². The number of morpholine rings is 1. The molecule has 1 aromatic rings. The Kier molecular flexibility index (Phi) is 5.27. The van der Waals surface area contributed by atoms with E-state index in [1.54, 1.807) is 23.1 Å². The van der Waals surface area contributed by atoms with Gasteiger partial charge in [0, 0.05) is 26.6 Å². The van der Waals surface area contributed by atoms with Crippen molar-refractivity contribution in [3.63, 3.8) is 0 Å². The average molecular weight is 364 g/mol. The highest BCUT2D eigenvalue weighted by Gasteiger charge is 2.30. The molecule has 0 radical (unpaired) electrons. The van der Waals surface area contributed by atoms with E-state index in [1.165, 1.54) is 11.8 Å². The summed E-state index contributed by atoms with van der Waals surface area (Å²) in [6.45, 7) is 2.05. The van der Waals surface area contributed by atoms with Gasteiger partial charge in [-0.05, 0) is 12.1 Å². The van der Waals surface area contributed by atoms with Crippen LogP contribution in [0.1, 0.15) is 17.3 Å². The number of benzene rings is 1. The zero-order chi connectivity index (χ0) is 18.7. The molecule has 2 aliphatic rings. The molecule has 1 fully saturated rings. The minimum Gasteiger partial charge on any atom is -0.480 e. The van der Waals surface area contributed by atoms with Gasteiger partial charge in [0.1, 0.15) is 6.54 Å². The number of amides is 2. The molecule has 0 aliphatic carbocycles. The quantitative estimate of drug-likeness (QED) is 0.795. The molecule has 0 aromatic heterocycles. The third kappa shape index (κ3) is 3.88. The Morgan fingerprint density at radius 1 is 1.31 bits per heavy atom. The van der Waals surface area contributed by atoms with Crippen molar-refractivity contribution in [3.8, 4) is 11.5 Å². The van der Waals surface area contributed by atoms with Crippen LogP contribution in [0.15, 0.2) is 18.2 Å². The van der Waals surface area contributed by atoms with Crippen molar-refractivity contribution in [2.24, 2.45) is 0 Å².